The first kappa shape index (κ1) is 16.6. The minimum atomic E-state index is 0.125. The van der Waals surface area contributed by atoms with Crippen LogP contribution in [0, 0.1) is 6.92 Å². The summed E-state index contributed by atoms with van der Waals surface area (Å²) in [6.45, 7) is 2.03. The van der Waals surface area contributed by atoms with Gasteiger partial charge in [0.25, 0.3) is 0 Å². The molecule has 0 saturated heterocycles. The molecule has 0 radical (unpaired) electrons. The Bertz CT molecular complexity index is 546. The number of para-hydroxylation sites is 1. The molecule has 2 aromatic carbocycles. The normalized spacial score (nSPS) is 9.84. The van der Waals surface area contributed by atoms with Gasteiger partial charge in [0.2, 0.25) is 0 Å². The van der Waals surface area contributed by atoms with Crippen molar-refractivity contribution in [2.45, 2.75) is 6.92 Å². The molecule has 0 bridgehead atoms. The van der Waals surface area contributed by atoms with Crippen LogP contribution in [0.1, 0.15) is 11.1 Å². The Balaban J connectivity index is 0.000000550. The van der Waals surface area contributed by atoms with E-state index in [-0.39, 0.29) is 20.7 Å². The number of aryl methyl sites for hydroxylation is 1. The van der Waals surface area contributed by atoms with Gasteiger partial charge < -0.3 is 5.11 Å². The second-order valence-corrected chi connectivity index (χ2v) is 11.6. The van der Waals surface area contributed by atoms with E-state index in [0.717, 1.165) is 11.3 Å². The fourth-order valence-corrected chi connectivity index (χ4v) is 1.45. The topological polar surface area (TPSA) is 32.6 Å². The molecule has 2 aromatic rings. The van der Waals surface area contributed by atoms with E-state index in [9.17, 15) is 5.11 Å². The molecule has 0 fully saturated rings. The molecule has 0 spiro atoms. The fourth-order valence-electron chi connectivity index (χ4n) is 1.45. The Hall–Kier alpha value is -0.416. The van der Waals surface area contributed by atoms with E-state index in [1.165, 1.54) is 5.56 Å². The number of halogens is 2. The summed E-state index contributed by atoms with van der Waals surface area (Å²) in [6.07, 6.45) is 1.67. The van der Waals surface area contributed by atoms with Crippen LogP contribution in [0.25, 0.3) is 0 Å². The number of aromatic hydroxyl groups is 1. The molecule has 0 saturated carbocycles. The number of hydrogen-bond acceptors (Lipinski definition) is 2. The molecule has 0 aliphatic heterocycles. The van der Waals surface area contributed by atoms with Crippen LogP contribution in [0.4, 0.5) is 5.69 Å². The van der Waals surface area contributed by atoms with Gasteiger partial charge in [0, 0.05) is 11.8 Å². The van der Waals surface area contributed by atoms with Crippen molar-refractivity contribution in [1.29, 1.82) is 0 Å². The molecule has 1 N–H and O–H groups in total. The SMILES string of the molecule is Cc1cccc(N=Cc2ccccc2O)c1.[Br][Ti][Br]. The number of phenolic OH excluding ortho intramolecular Hbond substituents is 1. The quantitative estimate of drug-likeness (QED) is 0.531. The molecule has 19 heavy (non-hydrogen) atoms. The van der Waals surface area contributed by atoms with Crippen LogP contribution in [0.15, 0.2) is 53.5 Å². The third-order valence-corrected chi connectivity index (χ3v) is 2.29. The molecule has 0 aromatic heterocycles. The Morgan fingerprint density at radius 3 is 2.42 bits per heavy atom. The average molecular weight is 419 g/mol. The average Bonchev–Trinajstić information content (AvgIpc) is 2.39. The molecule has 0 unspecified atom stereocenters. The summed E-state index contributed by atoms with van der Waals surface area (Å²) in [7, 11) is 0. The van der Waals surface area contributed by atoms with Gasteiger partial charge in [-0.3, -0.25) is 4.99 Å². The Morgan fingerprint density at radius 1 is 1.11 bits per heavy atom. The molecular weight excluding hydrogens is 406 g/mol. The maximum atomic E-state index is 9.55. The second kappa shape index (κ2) is 9.48. The predicted octanol–water partition coefficient (Wildman–Crippen LogP) is 5.14. The van der Waals surface area contributed by atoms with Crippen LogP contribution in [0.2, 0.25) is 0 Å². The van der Waals surface area contributed by atoms with Gasteiger partial charge in [0.15, 0.2) is 0 Å². The first-order valence-electron chi connectivity index (χ1n) is 5.52. The van der Waals surface area contributed by atoms with E-state index in [4.69, 9.17) is 0 Å². The van der Waals surface area contributed by atoms with Gasteiger partial charge in [-0.05, 0) is 36.8 Å². The zero-order valence-corrected chi connectivity index (χ0v) is 15.1. The summed E-state index contributed by atoms with van der Waals surface area (Å²) in [5.74, 6) is 0.249. The number of phenols is 1. The van der Waals surface area contributed by atoms with E-state index in [2.05, 4.69) is 31.3 Å². The summed E-state index contributed by atoms with van der Waals surface area (Å²) in [4.78, 5) is 4.31. The Labute approximate surface area is 135 Å². The van der Waals surface area contributed by atoms with Gasteiger partial charge in [-0.2, -0.15) is 0 Å². The fraction of sp³-hybridized carbons (Fsp3) is 0.0714. The molecule has 2 nitrogen and oxygen atoms in total. The third-order valence-electron chi connectivity index (χ3n) is 2.29. The molecule has 2 rings (SSSR count). The number of benzene rings is 2. The summed E-state index contributed by atoms with van der Waals surface area (Å²) >= 11 is 6.50. The van der Waals surface area contributed by atoms with Crippen molar-refractivity contribution in [3.8, 4) is 5.75 Å². The van der Waals surface area contributed by atoms with E-state index in [1.54, 1.807) is 18.3 Å². The van der Waals surface area contributed by atoms with Crippen LogP contribution in [0.3, 0.4) is 0 Å². The number of nitrogens with zero attached hydrogens (tertiary/aromatic N) is 1. The zero-order chi connectivity index (χ0) is 14.1. The van der Waals surface area contributed by atoms with Gasteiger partial charge in [0.1, 0.15) is 5.75 Å². The van der Waals surface area contributed by atoms with Crippen molar-refractivity contribution in [1.82, 2.24) is 0 Å². The predicted molar refractivity (Wildman–Crippen MR) is 84.4 cm³/mol. The van der Waals surface area contributed by atoms with E-state index >= 15 is 0 Å². The molecule has 0 aliphatic carbocycles. The molecule has 98 valence electrons. The third kappa shape index (κ3) is 6.52. The second-order valence-electron chi connectivity index (χ2n) is 3.73. The standard InChI is InChI=1S/C14H13NO.2BrH.Ti/c1-11-5-4-7-13(9-11)15-10-12-6-2-3-8-14(12)16;;;/h2-10,16H,1H3;2*1H;/q;;;+2/p-2. The van der Waals surface area contributed by atoms with E-state index in [0.29, 0.717) is 0 Å². The molecular formula is C14H13Br2NOTi. The van der Waals surface area contributed by atoms with Gasteiger partial charge in [-0.15, -0.1) is 0 Å². The van der Waals surface area contributed by atoms with Gasteiger partial charge in [0.05, 0.1) is 5.69 Å². The van der Waals surface area contributed by atoms with Gasteiger partial charge in [-0.25, -0.2) is 0 Å². The van der Waals surface area contributed by atoms with Gasteiger partial charge in [-0.1, -0.05) is 24.3 Å². The summed E-state index contributed by atoms with van der Waals surface area (Å²) in [5, 5.41) is 9.55. The summed E-state index contributed by atoms with van der Waals surface area (Å²) in [5.41, 5.74) is 2.79. The van der Waals surface area contributed by atoms with Crippen LogP contribution >= 0.6 is 26.3 Å². The zero-order valence-electron chi connectivity index (χ0n) is 10.3. The molecule has 0 amide bonds. The Morgan fingerprint density at radius 2 is 1.79 bits per heavy atom. The Kier molecular flexibility index (Phi) is 8.30. The molecule has 0 atom stereocenters. The van der Waals surface area contributed by atoms with Crippen LogP contribution < -0.4 is 0 Å². The van der Waals surface area contributed by atoms with Crippen molar-refractivity contribution in [3.63, 3.8) is 0 Å². The van der Waals surface area contributed by atoms with Crippen LogP contribution in [-0.2, 0) is 15.0 Å². The summed E-state index contributed by atoms with van der Waals surface area (Å²) < 4.78 is 0. The van der Waals surface area contributed by atoms with Crippen LogP contribution in [-0.4, -0.2) is 11.3 Å². The van der Waals surface area contributed by atoms with Crippen molar-refractivity contribution in [2.75, 3.05) is 0 Å². The van der Waals surface area contributed by atoms with Crippen molar-refractivity contribution in [3.05, 3.63) is 59.7 Å². The first-order valence-corrected chi connectivity index (χ1v) is 13.2. The van der Waals surface area contributed by atoms with E-state index in [1.807, 2.05) is 43.3 Å². The number of aliphatic imine (C=N–C) groups is 1. The van der Waals surface area contributed by atoms with Crippen LogP contribution in [0.5, 0.6) is 5.75 Å². The van der Waals surface area contributed by atoms with Gasteiger partial charge >= 0.3 is 41.3 Å². The van der Waals surface area contributed by atoms with Crippen molar-refractivity contribution in [2.24, 2.45) is 4.99 Å². The monoisotopic (exact) mass is 417 g/mol. The molecule has 0 heterocycles. The first-order chi connectivity index (χ1) is 9.17. The van der Waals surface area contributed by atoms with E-state index < -0.39 is 0 Å². The van der Waals surface area contributed by atoms with Crippen molar-refractivity contribution >= 4 is 38.2 Å². The number of rotatable bonds is 2. The summed E-state index contributed by atoms with van der Waals surface area (Å²) in [6, 6.07) is 15.1. The van der Waals surface area contributed by atoms with Crippen molar-refractivity contribution < 1.29 is 20.1 Å². The molecule has 0 aliphatic rings. The number of hydrogen-bond donors (Lipinski definition) is 1. The molecule has 5 heteroatoms. The minimum absolute atomic E-state index is 0.125. The maximum absolute atomic E-state index is 9.55.